The lowest BCUT2D eigenvalue weighted by Gasteiger charge is -2.36. The van der Waals surface area contributed by atoms with Gasteiger partial charge in [-0.05, 0) is 12.5 Å². The average molecular weight is 274 g/mol. The second-order valence-corrected chi connectivity index (χ2v) is 5.51. The van der Waals surface area contributed by atoms with Gasteiger partial charge >= 0.3 is 11.9 Å². The predicted octanol–water partition coefficient (Wildman–Crippen LogP) is 2.54. The molecule has 1 atom stereocenters. The zero-order chi connectivity index (χ0) is 15.1. The highest BCUT2D eigenvalue weighted by Crippen LogP contribution is 2.52. The lowest BCUT2D eigenvalue weighted by molar-refractivity contribution is -0.161. The van der Waals surface area contributed by atoms with Crippen LogP contribution in [0.25, 0.3) is 0 Å². The van der Waals surface area contributed by atoms with Crippen molar-refractivity contribution < 1.29 is 19.1 Å². The molecule has 1 unspecified atom stereocenters. The molecule has 0 aromatic heterocycles. The summed E-state index contributed by atoms with van der Waals surface area (Å²) in [5.74, 6) is -0.798. The number of carbonyl (C=O) groups is 2. The molecular formula is C16H18O4. The number of ether oxygens (including phenoxy) is 2. The summed E-state index contributed by atoms with van der Waals surface area (Å²) in [7, 11) is 1.27. The standard InChI is InChI=1S/C16H18O4/c1-6-15(3,4)16(13(17)19-5)11-9-7-8-10(2)12(11)20-14(16)18/h6-9H,1H2,2-5H3. The van der Waals surface area contributed by atoms with E-state index in [4.69, 9.17) is 9.47 Å². The van der Waals surface area contributed by atoms with Crippen LogP contribution < -0.4 is 4.74 Å². The molecule has 0 bridgehead atoms. The molecule has 1 aromatic carbocycles. The van der Waals surface area contributed by atoms with Gasteiger partial charge in [0.2, 0.25) is 5.41 Å². The number of rotatable bonds is 3. The van der Waals surface area contributed by atoms with E-state index in [9.17, 15) is 9.59 Å². The van der Waals surface area contributed by atoms with Crippen LogP contribution in [0.2, 0.25) is 0 Å². The highest BCUT2D eigenvalue weighted by Gasteiger charge is 2.64. The summed E-state index contributed by atoms with van der Waals surface area (Å²) < 4.78 is 10.3. The first-order chi connectivity index (χ1) is 9.32. The van der Waals surface area contributed by atoms with Gasteiger partial charge in [0.25, 0.3) is 0 Å². The Labute approximate surface area is 118 Å². The Hall–Kier alpha value is -2.10. The van der Waals surface area contributed by atoms with E-state index >= 15 is 0 Å². The lowest BCUT2D eigenvalue weighted by atomic mass is 9.62. The van der Waals surface area contributed by atoms with Gasteiger partial charge in [0, 0.05) is 11.0 Å². The van der Waals surface area contributed by atoms with E-state index in [1.807, 2.05) is 13.0 Å². The summed E-state index contributed by atoms with van der Waals surface area (Å²) in [5.41, 5.74) is -0.998. The fourth-order valence-corrected chi connectivity index (χ4v) is 2.74. The minimum Gasteiger partial charge on any atom is -0.468 e. The molecule has 4 heteroatoms. The van der Waals surface area contributed by atoms with Crippen molar-refractivity contribution in [3.63, 3.8) is 0 Å². The van der Waals surface area contributed by atoms with E-state index in [1.54, 1.807) is 32.1 Å². The Morgan fingerprint density at radius 2 is 2.10 bits per heavy atom. The number of hydrogen-bond acceptors (Lipinski definition) is 4. The number of hydrogen-bond donors (Lipinski definition) is 0. The molecule has 1 aromatic rings. The van der Waals surface area contributed by atoms with Crippen LogP contribution in [0.15, 0.2) is 30.9 Å². The van der Waals surface area contributed by atoms with Gasteiger partial charge in [-0.25, -0.2) is 4.79 Å². The number of esters is 2. The van der Waals surface area contributed by atoms with Crippen LogP contribution in [0, 0.1) is 12.3 Å². The third kappa shape index (κ3) is 1.54. The second-order valence-electron chi connectivity index (χ2n) is 5.51. The molecule has 106 valence electrons. The summed E-state index contributed by atoms with van der Waals surface area (Å²) >= 11 is 0. The third-order valence-corrected chi connectivity index (χ3v) is 4.09. The molecule has 1 aliphatic heterocycles. The first-order valence-corrected chi connectivity index (χ1v) is 6.37. The quantitative estimate of drug-likeness (QED) is 0.368. The largest absolute Gasteiger partial charge is 0.468 e. The van der Waals surface area contributed by atoms with Crippen molar-refractivity contribution >= 4 is 11.9 Å². The van der Waals surface area contributed by atoms with Gasteiger partial charge in [0.15, 0.2) is 0 Å². The first kappa shape index (κ1) is 14.3. The zero-order valence-corrected chi connectivity index (χ0v) is 12.1. The van der Waals surface area contributed by atoms with Gasteiger partial charge in [-0.15, -0.1) is 6.58 Å². The zero-order valence-electron chi connectivity index (χ0n) is 12.1. The molecule has 0 spiro atoms. The Morgan fingerprint density at radius 1 is 1.45 bits per heavy atom. The van der Waals surface area contributed by atoms with Crippen LogP contribution in [0.1, 0.15) is 25.0 Å². The van der Waals surface area contributed by atoms with Crippen molar-refractivity contribution in [2.45, 2.75) is 26.2 Å². The molecule has 4 nitrogen and oxygen atoms in total. The predicted molar refractivity (Wildman–Crippen MR) is 74.5 cm³/mol. The van der Waals surface area contributed by atoms with E-state index in [0.29, 0.717) is 11.3 Å². The fourth-order valence-electron chi connectivity index (χ4n) is 2.74. The van der Waals surface area contributed by atoms with Crippen LogP contribution in [0.3, 0.4) is 0 Å². The molecule has 0 saturated carbocycles. The van der Waals surface area contributed by atoms with Crippen molar-refractivity contribution in [2.75, 3.05) is 7.11 Å². The van der Waals surface area contributed by atoms with Crippen LogP contribution in [-0.2, 0) is 19.7 Å². The molecule has 1 heterocycles. The number of para-hydroxylation sites is 1. The van der Waals surface area contributed by atoms with Crippen molar-refractivity contribution in [1.82, 2.24) is 0 Å². The van der Waals surface area contributed by atoms with Gasteiger partial charge in [-0.3, -0.25) is 4.79 Å². The fraction of sp³-hybridized carbons (Fsp3) is 0.375. The summed E-state index contributed by atoms with van der Waals surface area (Å²) in [4.78, 5) is 25.0. The van der Waals surface area contributed by atoms with Crippen LogP contribution >= 0.6 is 0 Å². The Bertz CT molecular complexity index is 600. The highest BCUT2D eigenvalue weighted by molar-refractivity contribution is 6.11. The van der Waals surface area contributed by atoms with Crippen molar-refractivity contribution in [1.29, 1.82) is 0 Å². The molecule has 0 fully saturated rings. The Kier molecular flexibility index (Phi) is 3.20. The molecule has 2 rings (SSSR count). The number of fused-ring (bicyclic) bond motifs is 1. The van der Waals surface area contributed by atoms with Crippen molar-refractivity contribution in [3.05, 3.63) is 42.0 Å². The molecule has 1 aliphatic rings. The first-order valence-electron chi connectivity index (χ1n) is 6.37. The maximum atomic E-state index is 12.5. The summed E-state index contributed by atoms with van der Waals surface area (Å²) in [6, 6.07) is 5.36. The van der Waals surface area contributed by atoms with Gasteiger partial charge in [-0.2, -0.15) is 0 Å². The van der Waals surface area contributed by atoms with Crippen LogP contribution in [-0.4, -0.2) is 19.0 Å². The number of carbonyl (C=O) groups excluding carboxylic acids is 2. The smallest absolute Gasteiger partial charge is 0.334 e. The molecular weight excluding hydrogens is 256 g/mol. The van der Waals surface area contributed by atoms with Gasteiger partial charge in [0.05, 0.1) is 7.11 Å². The van der Waals surface area contributed by atoms with E-state index < -0.39 is 22.8 Å². The van der Waals surface area contributed by atoms with E-state index in [2.05, 4.69) is 6.58 Å². The number of benzene rings is 1. The Balaban J connectivity index is 2.85. The SMILES string of the molecule is C=CC(C)(C)C1(C(=O)OC)C(=O)Oc2c(C)cccc21. The van der Waals surface area contributed by atoms with Gasteiger partial charge in [-0.1, -0.05) is 38.1 Å². The molecule has 0 aliphatic carbocycles. The summed E-state index contributed by atoms with van der Waals surface area (Å²) in [5, 5.41) is 0. The minimum atomic E-state index is -1.51. The maximum absolute atomic E-state index is 12.5. The molecule has 20 heavy (non-hydrogen) atoms. The Morgan fingerprint density at radius 3 is 2.65 bits per heavy atom. The summed E-state index contributed by atoms with van der Waals surface area (Å²) in [6.45, 7) is 9.13. The molecule has 0 saturated heterocycles. The monoisotopic (exact) mass is 274 g/mol. The number of methoxy groups -OCH3 is 1. The third-order valence-electron chi connectivity index (χ3n) is 4.09. The second kappa shape index (κ2) is 4.47. The van der Waals surface area contributed by atoms with E-state index in [1.165, 1.54) is 7.11 Å². The average Bonchev–Trinajstić information content (AvgIpc) is 2.73. The normalized spacial score (nSPS) is 21.1. The van der Waals surface area contributed by atoms with Crippen molar-refractivity contribution in [2.24, 2.45) is 5.41 Å². The van der Waals surface area contributed by atoms with Crippen LogP contribution in [0.5, 0.6) is 5.75 Å². The molecule has 0 radical (unpaired) electrons. The molecule has 0 amide bonds. The summed E-state index contributed by atoms with van der Waals surface area (Å²) in [6.07, 6.45) is 1.59. The maximum Gasteiger partial charge on any atom is 0.334 e. The molecule has 0 N–H and O–H groups in total. The number of allylic oxidation sites excluding steroid dienone is 1. The lowest BCUT2D eigenvalue weighted by Crippen LogP contribution is -2.53. The van der Waals surface area contributed by atoms with Gasteiger partial charge in [0.1, 0.15) is 5.75 Å². The van der Waals surface area contributed by atoms with Crippen LogP contribution in [0.4, 0.5) is 0 Å². The minimum absolute atomic E-state index is 0.442. The van der Waals surface area contributed by atoms with E-state index in [0.717, 1.165) is 5.56 Å². The van der Waals surface area contributed by atoms with Gasteiger partial charge < -0.3 is 9.47 Å². The highest BCUT2D eigenvalue weighted by atomic mass is 16.6. The number of aryl methyl sites for hydroxylation is 1. The topological polar surface area (TPSA) is 52.6 Å². The van der Waals surface area contributed by atoms with Crippen molar-refractivity contribution in [3.8, 4) is 5.75 Å². The van der Waals surface area contributed by atoms with E-state index in [-0.39, 0.29) is 0 Å².